The lowest BCUT2D eigenvalue weighted by molar-refractivity contribution is -0.120. The highest BCUT2D eigenvalue weighted by atomic mass is 32.2. The van der Waals surface area contributed by atoms with Gasteiger partial charge in [0.1, 0.15) is 0 Å². The summed E-state index contributed by atoms with van der Waals surface area (Å²) in [5.41, 5.74) is 1.47. The number of nitrogens with zero attached hydrogens (tertiary/aromatic N) is 2. The van der Waals surface area contributed by atoms with Gasteiger partial charge in [-0.15, -0.1) is 0 Å². The Balaban J connectivity index is 2.61. The van der Waals surface area contributed by atoms with Gasteiger partial charge >= 0.3 is 5.97 Å². The number of ether oxygens (including phenoxy) is 1. The van der Waals surface area contributed by atoms with Crippen LogP contribution in [0.4, 0.5) is 0 Å². The Bertz CT molecular complexity index is 649. The van der Waals surface area contributed by atoms with Crippen molar-refractivity contribution in [1.29, 1.82) is 0 Å². The summed E-state index contributed by atoms with van der Waals surface area (Å²) >= 11 is 0. The van der Waals surface area contributed by atoms with Crippen LogP contribution in [0.1, 0.15) is 29.8 Å². The Labute approximate surface area is 138 Å². The van der Waals surface area contributed by atoms with E-state index in [9.17, 15) is 13.8 Å². The van der Waals surface area contributed by atoms with E-state index < -0.39 is 28.2 Å². The molecule has 0 bridgehead atoms. The average Bonchev–Trinajstić information content (AvgIpc) is 2.49. The van der Waals surface area contributed by atoms with Gasteiger partial charge in [0.15, 0.2) is 6.61 Å². The quantitative estimate of drug-likeness (QED) is 0.709. The summed E-state index contributed by atoms with van der Waals surface area (Å²) < 4.78 is 19.7. The van der Waals surface area contributed by atoms with Crippen LogP contribution in [0, 0.1) is 0 Å². The van der Waals surface area contributed by atoms with Crippen LogP contribution in [0.5, 0.6) is 0 Å². The predicted octanol–water partition coefficient (Wildman–Crippen LogP) is 1.94. The SMILES string of the molecule is CCN(CC)Cc1ccc(C(=O)OCC(=O)N=S(C)(C)=O)cc1. The molecule has 1 rings (SSSR count). The van der Waals surface area contributed by atoms with E-state index in [1.807, 2.05) is 12.1 Å². The van der Waals surface area contributed by atoms with Crippen LogP contribution >= 0.6 is 0 Å². The molecule has 1 aromatic carbocycles. The van der Waals surface area contributed by atoms with Crippen molar-refractivity contribution in [2.45, 2.75) is 20.4 Å². The summed E-state index contributed by atoms with van der Waals surface area (Å²) in [6.07, 6.45) is 2.70. The van der Waals surface area contributed by atoms with E-state index in [1.54, 1.807) is 12.1 Å². The molecule has 0 spiro atoms. The maximum absolute atomic E-state index is 11.9. The van der Waals surface area contributed by atoms with Crippen molar-refractivity contribution in [1.82, 2.24) is 4.90 Å². The summed E-state index contributed by atoms with van der Waals surface area (Å²) in [6, 6.07) is 7.08. The fourth-order valence-electron chi connectivity index (χ4n) is 1.93. The minimum Gasteiger partial charge on any atom is -0.452 e. The number of carbonyl (C=O) groups excluding carboxylic acids is 2. The molecule has 6 nitrogen and oxygen atoms in total. The zero-order chi connectivity index (χ0) is 17.5. The molecule has 0 atom stereocenters. The molecule has 7 heteroatoms. The van der Waals surface area contributed by atoms with Crippen LogP contribution < -0.4 is 0 Å². The highest BCUT2D eigenvalue weighted by Gasteiger charge is 2.11. The van der Waals surface area contributed by atoms with Crippen molar-refractivity contribution >= 4 is 21.6 Å². The van der Waals surface area contributed by atoms with Crippen LogP contribution in [0.3, 0.4) is 0 Å². The fourth-order valence-corrected chi connectivity index (χ4v) is 2.48. The maximum atomic E-state index is 11.9. The van der Waals surface area contributed by atoms with Crippen molar-refractivity contribution in [3.63, 3.8) is 0 Å². The highest BCUT2D eigenvalue weighted by molar-refractivity contribution is 7.92. The lowest BCUT2D eigenvalue weighted by atomic mass is 10.1. The zero-order valence-electron chi connectivity index (χ0n) is 14.1. The second-order valence-corrected chi connectivity index (χ2v) is 7.95. The van der Waals surface area contributed by atoms with Crippen molar-refractivity contribution in [3.8, 4) is 0 Å². The number of hydrogen-bond acceptors (Lipinski definition) is 5. The third kappa shape index (κ3) is 7.38. The highest BCUT2D eigenvalue weighted by Crippen LogP contribution is 2.09. The number of benzene rings is 1. The van der Waals surface area contributed by atoms with Gasteiger partial charge in [-0.1, -0.05) is 26.0 Å². The van der Waals surface area contributed by atoms with Gasteiger partial charge in [0.2, 0.25) is 0 Å². The lowest BCUT2D eigenvalue weighted by Crippen LogP contribution is -2.22. The topological polar surface area (TPSA) is 76.0 Å². The number of hydrogen-bond donors (Lipinski definition) is 0. The molecule has 1 amide bonds. The summed E-state index contributed by atoms with van der Waals surface area (Å²) in [5, 5.41) is 0. The molecule has 23 heavy (non-hydrogen) atoms. The molecule has 0 heterocycles. The van der Waals surface area contributed by atoms with E-state index in [1.165, 1.54) is 12.5 Å². The Kier molecular flexibility index (Phi) is 7.38. The van der Waals surface area contributed by atoms with Gasteiger partial charge in [-0.05, 0) is 30.8 Å². The van der Waals surface area contributed by atoms with Crippen molar-refractivity contribution in [2.24, 2.45) is 4.36 Å². The van der Waals surface area contributed by atoms with Crippen LogP contribution in [-0.4, -0.2) is 53.2 Å². The standard InChI is InChI=1S/C16H24N2O4S/c1-5-18(6-2)11-13-7-9-14(10-8-13)16(20)22-12-15(19)17-23(3,4)21/h7-10H,5-6,11-12H2,1-4H3. The molecule has 0 saturated carbocycles. The smallest absolute Gasteiger partial charge is 0.338 e. The molecule has 1 aromatic rings. The van der Waals surface area contributed by atoms with E-state index in [2.05, 4.69) is 23.1 Å². The summed E-state index contributed by atoms with van der Waals surface area (Å²) in [7, 11) is -2.53. The first kappa shape index (κ1) is 19.3. The molecule has 0 unspecified atom stereocenters. The molecular formula is C16H24N2O4S. The summed E-state index contributed by atoms with van der Waals surface area (Å²) in [6.45, 7) is 6.44. The van der Waals surface area contributed by atoms with Gasteiger partial charge in [0, 0.05) is 28.8 Å². The van der Waals surface area contributed by atoms with E-state index in [0.29, 0.717) is 5.56 Å². The first-order valence-electron chi connectivity index (χ1n) is 7.43. The van der Waals surface area contributed by atoms with Crippen LogP contribution in [0.15, 0.2) is 28.6 Å². The Hall–Kier alpha value is -1.73. The normalized spacial score (nSPS) is 11.3. The van der Waals surface area contributed by atoms with E-state index in [4.69, 9.17) is 4.74 Å². The molecule has 0 radical (unpaired) electrons. The number of amides is 1. The molecule has 0 N–H and O–H groups in total. The molecule has 128 valence electrons. The van der Waals surface area contributed by atoms with Crippen molar-refractivity contribution < 1.29 is 18.5 Å². The van der Waals surface area contributed by atoms with Gasteiger partial charge in [-0.25, -0.2) is 9.00 Å². The Morgan fingerprint density at radius 3 is 2.17 bits per heavy atom. The molecule has 0 fully saturated rings. The number of rotatable bonds is 7. The number of carbonyl (C=O) groups is 2. The van der Waals surface area contributed by atoms with E-state index in [0.717, 1.165) is 25.2 Å². The Morgan fingerprint density at radius 2 is 1.70 bits per heavy atom. The van der Waals surface area contributed by atoms with Gasteiger partial charge in [0.25, 0.3) is 5.91 Å². The fraction of sp³-hybridized carbons (Fsp3) is 0.500. The first-order valence-corrected chi connectivity index (χ1v) is 9.76. The van der Waals surface area contributed by atoms with Gasteiger partial charge in [-0.3, -0.25) is 9.69 Å². The third-order valence-electron chi connectivity index (χ3n) is 3.14. The van der Waals surface area contributed by atoms with Gasteiger partial charge in [0.05, 0.1) is 5.56 Å². The molecule has 0 aliphatic carbocycles. The Morgan fingerprint density at radius 1 is 1.13 bits per heavy atom. The number of esters is 1. The second-order valence-electron chi connectivity index (χ2n) is 5.40. The monoisotopic (exact) mass is 340 g/mol. The minimum atomic E-state index is -2.53. The van der Waals surface area contributed by atoms with Gasteiger partial charge in [-0.2, -0.15) is 4.36 Å². The van der Waals surface area contributed by atoms with Crippen molar-refractivity contribution in [2.75, 3.05) is 32.2 Å². The molecule has 0 aliphatic heterocycles. The minimum absolute atomic E-state index is 0.370. The zero-order valence-corrected chi connectivity index (χ0v) is 14.9. The average molecular weight is 340 g/mol. The van der Waals surface area contributed by atoms with Crippen LogP contribution in [-0.2, 0) is 25.8 Å². The summed E-state index contributed by atoms with van der Waals surface area (Å²) in [4.78, 5) is 25.5. The first-order chi connectivity index (χ1) is 10.7. The molecule has 0 saturated heterocycles. The second kappa shape index (κ2) is 8.79. The van der Waals surface area contributed by atoms with E-state index >= 15 is 0 Å². The lowest BCUT2D eigenvalue weighted by Gasteiger charge is -2.17. The third-order valence-corrected chi connectivity index (χ3v) is 3.78. The van der Waals surface area contributed by atoms with Crippen LogP contribution in [0.25, 0.3) is 0 Å². The molecule has 0 aliphatic rings. The van der Waals surface area contributed by atoms with Gasteiger partial charge < -0.3 is 4.74 Å². The van der Waals surface area contributed by atoms with E-state index in [-0.39, 0.29) is 0 Å². The molecular weight excluding hydrogens is 316 g/mol. The molecule has 0 aromatic heterocycles. The summed E-state index contributed by atoms with van der Waals surface area (Å²) in [5.74, 6) is -1.30. The largest absolute Gasteiger partial charge is 0.452 e. The van der Waals surface area contributed by atoms with Crippen molar-refractivity contribution in [3.05, 3.63) is 35.4 Å². The maximum Gasteiger partial charge on any atom is 0.338 e. The van der Waals surface area contributed by atoms with Crippen LogP contribution in [0.2, 0.25) is 0 Å². The predicted molar refractivity (Wildman–Crippen MR) is 90.8 cm³/mol.